The molecule has 0 amide bonds. The summed E-state index contributed by atoms with van der Waals surface area (Å²) in [4.78, 5) is 24.5. The lowest BCUT2D eigenvalue weighted by atomic mass is 9.82. The molecule has 3 aliphatic rings. The van der Waals surface area contributed by atoms with E-state index < -0.39 is 41.8 Å². The molecule has 6 atom stereocenters. The molecule has 0 saturated carbocycles. The number of rotatable bonds is 2. The molecule has 26 heavy (non-hydrogen) atoms. The van der Waals surface area contributed by atoms with Crippen LogP contribution in [0.3, 0.4) is 0 Å². The highest BCUT2D eigenvalue weighted by molar-refractivity contribution is 5.92. The summed E-state index contributed by atoms with van der Waals surface area (Å²) in [5.74, 6) is -1.43. The highest BCUT2D eigenvalue weighted by Gasteiger charge is 2.57. The van der Waals surface area contributed by atoms with Crippen LogP contribution in [-0.4, -0.2) is 47.1 Å². The number of carbonyl (C=O) groups is 2. The molecule has 2 aliphatic heterocycles. The fraction of sp³-hybridized carbons (Fsp3) is 0.600. The van der Waals surface area contributed by atoms with Gasteiger partial charge in [-0.25, -0.2) is 9.59 Å². The van der Waals surface area contributed by atoms with E-state index in [1.54, 1.807) is 32.9 Å². The number of aliphatic hydroxyl groups is 1. The first-order valence-electron chi connectivity index (χ1n) is 8.94. The molecule has 0 spiro atoms. The van der Waals surface area contributed by atoms with Gasteiger partial charge in [-0.2, -0.15) is 0 Å². The Morgan fingerprint density at radius 2 is 2.19 bits per heavy atom. The zero-order chi connectivity index (χ0) is 19.2. The third-order valence-corrected chi connectivity index (χ3v) is 5.71. The number of epoxide rings is 1. The van der Waals surface area contributed by atoms with Gasteiger partial charge in [-0.1, -0.05) is 12.7 Å². The van der Waals surface area contributed by atoms with Crippen molar-refractivity contribution < 1.29 is 28.9 Å². The summed E-state index contributed by atoms with van der Waals surface area (Å²) < 4.78 is 17.0. The molecular weight excluding hydrogens is 336 g/mol. The Bertz CT molecular complexity index is 705. The molecule has 2 heterocycles. The van der Waals surface area contributed by atoms with Gasteiger partial charge in [-0.3, -0.25) is 0 Å². The van der Waals surface area contributed by atoms with E-state index in [1.807, 2.05) is 6.92 Å². The lowest BCUT2D eigenvalue weighted by molar-refractivity contribution is -0.148. The van der Waals surface area contributed by atoms with Gasteiger partial charge in [0.2, 0.25) is 0 Å². The second kappa shape index (κ2) is 6.67. The summed E-state index contributed by atoms with van der Waals surface area (Å²) in [5.41, 5.74) is 0.974. The van der Waals surface area contributed by atoms with E-state index >= 15 is 0 Å². The summed E-state index contributed by atoms with van der Waals surface area (Å²) in [7, 11) is 0. The Morgan fingerprint density at radius 1 is 1.50 bits per heavy atom. The van der Waals surface area contributed by atoms with E-state index in [1.165, 1.54) is 0 Å². The molecule has 0 aromatic carbocycles. The van der Waals surface area contributed by atoms with Gasteiger partial charge in [0.05, 0.1) is 23.7 Å². The molecule has 6 heteroatoms. The minimum atomic E-state index is -0.667. The van der Waals surface area contributed by atoms with Crippen LogP contribution < -0.4 is 0 Å². The van der Waals surface area contributed by atoms with Gasteiger partial charge in [0.25, 0.3) is 0 Å². The average Bonchev–Trinajstić information content (AvgIpc) is 3.11. The lowest BCUT2D eigenvalue weighted by Crippen LogP contribution is -2.37. The van der Waals surface area contributed by atoms with Gasteiger partial charge < -0.3 is 19.3 Å². The molecule has 0 aromatic heterocycles. The van der Waals surface area contributed by atoms with Crippen molar-refractivity contribution in [1.29, 1.82) is 0 Å². The van der Waals surface area contributed by atoms with E-state index in [2.05, 4.69) is 6.58 Å². The van der Waals surface area contributed by atoms with Gasteiger partial charge in [-0.05, 0) is 39.3 Å². The Kier molecular flexibility index (Phi) is 4.84. The first-order valence-corrected chi connectivity index (χ1v) is 8.94. The van der Waals surface area contributed by atoms with Crippen molar-refractivity contribution in [2.45, 2.75) is 70.6 Å². The van der Waals surface area contributed by atoms with Gasteiger partial charge >= 0.3 is 11.9 Å². The van der Waals surface area contributed by atoms with Gasteiger partial charge in [0.15, 0.2) is 0 Å². The summed E-state index contributed by atoms with van der Waals surface area (Å²) in [5, 5.41) is 10.4. The van der Waals surface area contributed by atoms with Crippen LogP contribution in [0.1, 0.15) is 40.5 Å². The average molecular weight is 362 g/mol. The molecule has 1 aliphatic carbocycles. The van der Waals surface area contributed by atoms with Crippen molar-refractivity contribution >= 4 is 11.9 Å². The Labute approximate surface area is 153 Å². The van der Waals surface area contributed by atoms with Crippen LogP contribution in [-0.2, 0) is 23.8 Å². The summed E-state index contributed by atoms with van der Waals surface area (Å²) in [6.45, 7) is 11.0. The maximum Gasteiger partial charge on any atom is 0.334 e. The van der Waals surface area contributed by atoms with Crippen LogP contribution in [0.15, 0.2) is 35.5 Å². The number of ether oxygens (including phenoxy) is 3. The maximum absolute atomic E-state index is 12.4. The minimum absolute atomic E-state index is 0.118. The molecule has 0 unspecified atom stereocenters. The Hall–Kier alpha value is -1.92. The highest BCUT2D eigenvalue weighted by atomic mass is 16.6. The van der Waals surface area contributed by atoms with Gasteiger partial charge in [0.1, 0.15) is 12.2 Å². The predicted octanol–water partition coefficient (Wildman–Crippen LogP) is 2.22. The molecule has 3 rings (SSSR count). The quantitative estimate of drug-likeness (QED) is 0.351. The van der Waals surface area contributed by atoms with Crippen LogP contribution in [0.4, 0.5) is 0 Å². The standard InChI is InChI=1S/C20H26O6/c1-6-10(2)18(22)25-15-9-20(5)16(26-20)8-13(21)11(3)7-14-17(15)12(4)19(23)24-14/h6-7,13-17,21H,4,8-9H2,1-3,5H3/b10-6+,11-7+/t13-,14+,15+,16+,17+,20+/m0/s1. The van der Waals surface area contributed by atoms with E-state index in [0.29, 0.717) is 24.0 Å². The van der Waals surface area contributed by atoms with Crippen molar-refractivity contribution in [3.63, 3.8) is 0 Å². The maximum atomic E-state index is 12.4. The van der Waals surface area contributed by atoms with Gasteiger partial charge in [0, 0.05) is 24.0 Å². The SMILES string of the molecule is C=C1C(=O)O[C@@H]2/C=C(\C)[C@@H](O)C[C@H]3O[C@]3(C)C[C@@H](OC(=O)/C(C)=C/C)[C@H]12. The molecular formula is C20H26O6. The molecule has 2 fully saturated rings. The van der Waals surface area contributed by atoms with Crippen LogP contribution in [0, 0.1) is 5.92 Å². The molecule has 0 radical (unpaired) electrons. The fourth-order valence-corrected chi connectivity index (χ4v) is 3.70. The second-order valence-corrected chi connectivity index (χ2v) is 7.62. The first-order chi connectivity index (χ1) is 12.2. The highest BCUT2D eigenvalue weighted by Crippen LogP contribution is 2.47. The molecule has 142 valence electrons. The van der Waals surface area contributed by atoms with E-state index in [9.17, 15) is 14.7 Å². The largest absolute Gasteiger partial charge is 0.458 e. The van der Waals surface area contributed by atoms with Crippen molar-refractivity contribution in [2.24, 2.45) is 5.92 Å². The zero-order valence-corrected chi connectivity index (χ0v) is 15.7. The Balaban J connectivity index is 1.98. The van der Waals surface area contributed by atoms with Crippen LogP contribution in [0.5, 0.6) is 0 Å². The number of fused-ring (bicyclic) bond motifs is 2. The first kappa shape index (κ1) is 18.9. The number of aliphatic hydroxyl groups excluding tert-OH is 1. The molecule has 6 nitrogen and oxygen atoms in total. The fourth-order valence-electron chi connectivity index (χ4n) is 3.70. The predicted molar refractivity (Wildman–Crippen MR) is 94.1 cm³/mol. The van der Waals surface area contributed by atoms with Crippen LogP contribution in [0.2, 0.25) is 0 Å². The number of allylic oxidation sites excluding steroid dienone is 1. The Morgan fingerprint density at radius 3 is 2.85 bits per heavy atom. The van der Waals surface area contributed by atoms with E-state index in [4.69, 9.17) is 14.2 Å². The van der Waals surface area contributed by atoms with Crippen molar-refractivity contribution in [2.75, 3.05) is 0 Å². The van der Waals surface area contributed by atoms with E-state index in [0.717, 1.165) is 0 Å². The van der Waals surface area contributed by atoms with Crippen molar-refractivity contribution in [3.8, 4) is 0 Å². The zero-order valence-electron chi connectivity index (χ0n) is 15.7. The molecule has 1 N–H and O–H groups in total. The van der Waals surface area contributed by atoms with Crippen molar-refractivity contribution in [1.82, 2.24) is 0 Å². The lowest BCUT2D eigenvalue weighted by Gasteiger charge is -2.29. The topological polar surface area (TPSA) is 85.4 Å². The molecule has 2 saturated heterocycles. The van der Waals surface area contributed by atoms with Crippen LogP contribution in [0.25, 0.3) is 0 Å². The van der Waals surface area contributed by atoms with E-state index in [-0.39, 0.29) is 11.7 Å². The smallest absolute Gasteiger partial charge is 0.334 e. The monoisotopic (exact) mass is 362 g/mol. The van der Waals surface area contributed by atoms with Crippen molar-refractivity contribution in [3.05, 3.63) is 35.5 Å². The number of carbonyl (C=O) groups excluding carboxylic acids is 2. The number of esters is 2. The summed E-state index contributed by atoms with van der Waals surface area (Å²) in [6.07, 6.45) is 2.29. The number of hydrogen-bond acceptors (Lipinski definition) is 6. The molecule has 0 aromatic rings. The second-order valence-electron chi connectivity index (χ2n) is 7.62. The van der Waals surface area contributed by atoms with Gasteiger partial charge in [-0.15, -0.1) is 0 Å². The third-order valence-electron chi connectivity index (χ3n) is 5.71. The summed E-state index contributed by atoms with van der Waals surface area (Å²) in [6, 6.07) is 0. The minimum Gasteiger partial charge on any atom is -0.458 e. The summed E-state index contributed by atoms with van der Waals surface area (Å²) >= 11 is 0. The third kappa shape index (κ3) is 3.35. The van der Waals surface area contributed by atoms with Crippen LogP contribution >= 0.6 is 0 Å². The number of hydrogen-bond donors (Lipinski definition) is 1. The normalized spacial score (nSPS) is 42.1. The molecule has 0 bridgehead atoms.